The molecule has 1 amide bonds. The van der Waals surface area contributed by atoms with E-state index in [4.69, 9.17) is 34.8 Å². The average Bonchev–Trinajstić information content (AvgIpc) is 2.63. The summed E-state index contributed by atoms with van der Waals surface area (Å²) in [7, 11) is 0. The first-order chi connectivity index (χ1) is 12.5. The lowest BCUT2D eigenvalue weighted by Crippen LogP contribution is -2.42. The Morgan fingerprint density at radius 1 is 1.08 bits per heavy atom. The standard InChI is InChI=1S/C20H21Cl3N2O/c21-17-8-7-15(19(23)10-17)12-25-9-3-5-16(13-25)20(26)24-11-14-4-1-2-6-18(14)22/h1-2,4,6-8,10,16H,3,5,9,11-13H2,(H,24,26). The van der Waals surface area contributed by atoms with Crippen LogP contribution in [0.1, 0.15) is 24.0 Å². The summed E-state index contributed by atoms with van der Waals surface area (Å²) in [6.45, 7) is 2.88. The second-order valence-corrected chi connectivity index (χ2v) is 7.87. The van der Waals surface area contributed by atoms with Gasteiger partial charge in [-0.05, 0) is 48.7 Å². The van der Waals surface area contributed by atoms with Gasteiger partial charge in [-0.15, -0.1) is 0 Å². The molecule has 6 heteroatoms. The first kappa shape index (κ1) is 19.5. The molecule has 3 nitrogen and oxygen atoms in total. The van der Waals surface area contributed by atoms with Gasteiger partial charge in [-0.25, -0.2) is 0 Å². The van der Waals surface area contributed by atoms with Gasteiger partial charge in [0, 0.05) is 34.7 Å². The van der Waals surface area contributed by atoms with Crippen molar-refractivity contribution in [2.75, 3.05) is 13.1 Å². The number of hydrogen-bond acceptors (Lipinski definition) is 2. The number of amides is 1. The lowest BCUT2D eigenvalue weighted by atomic mass is 9.96. The van der Waals surface area contributed by atoms with E-state index in [1.54, 1.807) is 6.07 Å². The molecule has 0 radical (unpaired) electrons. The Balaban J connectivity index is 1.55. The molecular formula is C20H21Cl3N2O. The fraction of sp³-hybridized carbons (Fsp3) is 0.350. The minimum atomic E-state index is -0.0164. The molecule has 0 saturated carbocycles. The van der Waals surface area contributed by atoms with E-state index >= 15 is 0 Å². The van der Waals surface area contributed by atoms with Crippen molar-refractivity contribution in [2.24, 2.45) is 5.92 Å². The molecule has 1 heterocycles. The molecule has 1 saturated heterocycles. The molecule has 1 atom stereocenters. The molecule has 0 aromatic heterocycles. The molecular weight excluding hydrogens is 391 g/mol. The number of carbonyl (C=O) groups is 1. The fourth-order valence-corrected chi connectivity index (χ4v) is 3.94. The van der Waals surface area contributed by atoms with Crippen molar-refractivity contribution in [3.63, 3.8) is 0 Å². The number of nitrogens with one attached hydrogen (secondary N) is 1. The number of halogens is 3. The van der Waals surface area contributed by atoms with Crippen LogP contribution in [-0.2, 0) is 17.9 Å². The summed E-state index contributed by atoms with van der Waals surface area (Å²) >= 11 is 18.4. The SMILES string of the molecule is O=C(NCc1ccccc1Cl)C1CCCN(Cc2ccc(Cl)cc2Cl)C1. The number of likely N-dealkylation sites (tertiary alicyclic amines) is 1. The van der Waals surface area contributed by atoms with Gasteiger partial charge in [0.25, 0.3) is 0 Å². The summed E-state index contributed by atoms with van der Waals surface area (Å²) < 4.78 is 0. The lowest BCUT2D eigenvalue weighted by Gasteiger charge is -2.32. The van der Waals surface area contributed by atoms with Crippen LogP contribution in [0.25, 0.3) is 0 Å². The molecule has 3 rings (SSSR count). The molecule has 1 aliphatic rings. The smallest absolute Gasteiger partial charge is 0.224 e. The zero-order chi connectivity index (χ0) is 18.5. The van der Waals surface area contributed by atoms with Gasteiger partial charge in [0.15, 0.2) is 0 Å². The molecule has 0 aliphatic carbocycles. The first-order valence-corrected chi connectivity index (χ1v) is 9.83. The highest BCUT2D eigenvalue weighted by molar-refractivity contribution is 6.35. The van der Waals surface area contributed by atoms with Gasteiger partial charge in [-0.2, -0.15) is 0 Å². The van der Waals surface area contributed by atoms with Gasteiger partial charge in [0.05, 0.1) is 5.92 Å². The van der Waals surface area contributed by atoms with Crippen LogP contribution in [0.2, 0.25) is 15.1 Å². The van der Waals surface area contributed by atoms with E-state index in [0.29, 0.717) is 21.6 Å². The molecule has 1 fully saturated rings. The summed E-state index contributed by atoms with van der Waals surface area (Å²) in [5.41, 5.74) is 1.97. The summed E-state index contributed by atoms with van der Waals surface area (Å²) in [6, 6.07) is 13.1. The van der Waals surface area contributed by atoms with Crippen LogP contribution in [0.4, 0.5) is 0 Å². The van der Waals surface area contributed by atoms with E-state index in [9.17, 15) is 4.79 Å². The normalized spacial score (nSPS) is 17.9. The van der Waals surface area contributed by atoms with Crippen molar-refractivity contribution in [2.45, 2.75) is 25.9 Å². The van der Waals surface area contributed by atoms with Gasteiger partial charge in [0.2, 0.25) is 5.91 Å². The van der Waals surface area contributed by atoms with Gasteiger partial charge in [-0.1, -0.05) is 59.1 Å². The second kappa shape index (κ2) is 9.09. The maximum absolute atomic E-state index is 12.6. The van der Waals surface area contributed by atoms with Crippen molar-refractivity contribution in [3.8, 4) is 0 Å². The van der Waals surface area contributed by atoms with E-state index in [1.807, 2.05) is 36.4 Å². The first-order valence-electron chi connectivity index (χ1n) is 8.70. The van der Waals surface area contributed by atoms with Crippen molar-refractivity contribution in [1.82, 2.24) is 10.2 Å². The topological polar surface area (TPSA) is 32.3 Å². The number of piperidine rings is 1. The molecule has 1 aliphatic heterocycles. The highest BCUT2D eigenvalue weighted by Crippen LogP contribution is 2.25. The van der Waals surface area contributed by atoms with Crippen LogP contribution >= 0.6 is 34.8 Å². The molecule has 138 valence electrons. The minimum Gasteiger partial charge on any atom is -0.352 e. The van der Waals surface area contributed by atoms with E-state index in [-0.39, 0.29) is 11.8 Å². The van der Waals surface area contributed by atoms with Crippen LogP contribution in [0.3, 0.4) is 0 Å². The van der Waals surface area contributed by atoms with E-state index in [2.05, 4.69) is 10.2 Å². The third-order valence-corrected chi connectivity index (χ3v) is 5.65. The predicted molar refractivity (Wildman–Crippen MR) is 108 cm³/mol. The molecule has 0 spiro atoms. The Bertz CT molecular complexity index is 781. The van der Waals surface area contributed by atoms with Crippen LogP contribution in [-0.4, -0.2) is 23.9 Å². The van der Waals surface area contributed by atoms with Crippen molar-refractivity contribution < 1.29 is 4.79 Å². The van der Waals surface area contributed by atoms with Gasteiger partial charge in [-0.3, -0.25) is 9.69 Å². The van der Waals surface area contributed by atoms with Crippen molar-refractivity contribution in [3.05, 3.63) is 68.7 Å². The molecule has 0 bridgehead atoms. The van der Waals surface area contributed by atoms with Crippen LogP contribution in [0.5, 0.6) is 0 Å². The zero-order valence-electron chi connectivity index (χ0n) is 14.4. The highest BCUT2D eigenvalue weighted by atomic mass is 35.5. The minimum absolute atomic E-state index is 0.0164. The number of benzene rings is 2. The number of rotatable bonds is 5. The van der Waals surface area contributed by atoms with Gasteiger partial charge < -0.3 is 5.32 Å². The molecule has 2 aromatic carbocycles. The third-order valence-electron chi connectivity index (χ3n) is 4.70. The van der Waals surface area contributed by atoms with Crippen molar-refractivity contribution in [1.29, 1.82) is 0 Å². The van der Waals surface area contributed by atoms with Crippen molar-refractivity contribution >= 4 is 40.7 Å². The highest BCUT2D eigenvalue weighted by Gasteiger charge is 2.26. The predicted octanol–water partition coefficient (Wildman–Crippen LogP) is 5.18. The Hall–Kier alpha value is -1.26. The monoisotopic (exact) mass is 410 g/mol. The Kier molecular flexibility index (Phi) is 6.82. The molecule has 2 aromatic rings. The van der Waals surface area contributed by atoms with Gasteiger partial charge >= 0.3 is 0 Å². The third kappa shape index (κ3) is 5.14. The Morgan fingerprint density at radius 3 is 2.65 bits per heavy atom. The summed E-state index contributed by atoms with van der Waals surface area (Å²) in [4.78, 5) is 14.8. The summed E-state index contributed by atoms with van der Waals surface area (Å²) in [5, 5.41) is 5.00. The zero-order valence-corrected chi connectivity index (χ0v) is 16.6. The van der Waals surface area contributed by atoms with Crippen LogP contribution in [0, 0.1) is 5.92 Å². The summed E-state index contributed by atoms with van der Waals surface area (Å²) in [5.74, 6) is 0.0640. The molecule has 1 unspecified atom stereocenters. The van der Waals surface area contributed by atoms with Crippen LogP contribution < -0.4 is 5.32 Å². The number of carbonyl (C=O) groups excluding carboxylic acids is 1. The molecule has 1 N–H and O–H groups in total. The quantitative estimate of drug-likeness (QED) is 0.735. The lowest BCUT2D eigenvalue weighted by molar-refractivity contribution is -0.126. The Morgan fingerprint density at radius 2 is 1.88 bits per heavy atom. The maximum Gasteiger partial charge on any atom is 0.224 e. The number of nitrogens with zero attached hydrogens (tertiary/aromatic N) is 1. The second-order valence-electron chi connectivity index (χ2n) is 6.62. The Labute approximate surface area is 169 Å². The largest absolute Gasteiger partial charge is 0.352 e. The van der Waals surface area contributed by atoms with E-state index in [0.717, 1.165) is 43.6 Å². The number of hydrogen-bond donors (Lipinski definition) is 1. The average molecular weight is 412 g/mol. The van der Waals surface area contributed by atoms with E-state index < -0.39 is 0 Å². The maximum atomic E-state index is 12.6. The molecule has 26 heavy (non-hydrogen) atoms. The van der Waals surface area contributed by atoms with Gasteiger partial charge in [0.1, 0.15) is 0 Å². The van der Waals surface area contributed by atoms with E-state index in [1.165, 1.54) is 0 Å². The van der Waals surface area contributed by atoms with Crippen LogP contribution in [0.15, 0.2) is 42.5 Å². The summed E-state index contributed by atoms with van der Waals surface area (Å²) in [6.07, 6.45) is 1.90. The fourth-order valence-electron chi connectivity index (χ4n) is 3.27.